The van der Waals surface area contributed by atoms with Crippen molar-refractivity contribution in [3.8, 4) is 0 Å². The zero-order valence-electron chi connectivity index (χ0n) is 13.0. The lowest BCUT2D eigenvalue weighted by Gasteiger charge is -2.16. The van der Waals surface area contributed by atoms with Gasteiger partial charge in [0.1, 0.15) is 0 Å². The number of carbonyl (C=O) groups is 2. The van der Waals surface area contributed by atoms with Gasteiger partial charge in [0.15, 0.2) is 0 Å². The highest BCUT2D eigenvalue weighted by atomic mass is 35.5. The van der Waals surface area contributed by atoms with Crippen molar-refractivity contribution in [3.05, 3.63) is 24.3 Å². The van der Waals surface area contributed by atoms with Gasteiger partial charge in [0.25, 0.3) is 0 Å². The van der Waals surface area contributed by atoms with Gasteiger partial charge in [-0.2, -0.15) is 0 Å². The fourth-order valence-electron chi connectivity index (χ4n) is 2.72. The van der Waals surface area contributed by atoms with Crippen LogP contribution in [0.3, 0.4) is 0 Å². The SMILES string of the molecule is Cl.NC(=O)CCSc1ccccc1NC(=O)C[C@@H]1CCC[C@H]1N. The number of hydrogen-bond donors (Lipinski definition) is 3. The van der Waals surface area contributed by atoms with E-state index >= 15 is 0 Å². The molecule has 0 unspecified atom stereocenters. The minimum atomic E-state index is -0.316. The van der Waals surface area contributed by atoms with E-state index in [0.29, 0.717) is 18.6 Å². The predicted molar refractivity (Wildman–Crippen MR) is 96.8 cm³/mol. The Balaban J connectivity index is 0.00000264. The van der Waals surface area contributed by atoms with E-state index < -0.39 is 0 Å². The van der Waals surface area contributed by atoms with Crippen LogP contribution in [0.5, 0.6) is 0 Å². The molecule has 7 heteroatoms. The molecule has 1 aromatic rings. The van der Waals surface area contributed by atoms with Crippen LogP contribution >= 0.6 is 24.2 Å². The molecule has 0 bridgehead atoms. The molecule has 5 nitrogen and oxygen atoms in total. The Morgan fingerprint density at radius 3 is 2.65 bits per heavy atom. The second-order valence-corrected chi connectivity index (χ2v) is 6.80. The van der Waals surface area contributed by atoms with E-state index in [4.69, 9.17) is 11.5 Å². The molecule has 0 saturated heterocycles. The van der Waals surface area contributed by atoms with Gasteiger partial charge in [-0.3, -0.25) is 9.59 Å². The summed E-state index contributed by atoms with van der Waals surface area (Å²) in [6.07, 6.45) is 3.95. The van der Waals surface area contributed by atoms with Gasteiger partial charge in [0.05, 0.1) is 5.69 Å². The normalized spacial score (nSPS) is 19.9. The quantitative estimate of drug-likeness (QED) is 0.653. The van der Waals surface area contributed by atoms with E-state index in [1.807, 2.05) is 24.3 Å². The van der Waals surface area contributed by atoms with E-state index in [0.717, 1.165) is 29.8 Å². The Kier molecular flexibility index (Phi) is 8.44. The van der Waals surface area contributed by atoms with Crippen LogP contribution in [0.15, 0.2) is 29.2 Å². The molecule has 2 atom stereocenters. The number of hydrogen-bond acceptors (Lipinski definition) is 4. The molecule has 0 radical (unpaired) electrons. The molecule has 2 rings (SSSR count). The summed E-state index contributed by atoms with van der Waals surface area (Å²) in [6, 6.07) is 7.75. The molecule has 1 aromatic carbocycles. The number of benzene rings is 1. The second-order valence-electron chi connectivity index (χ2n) is 5.67. The lowest BCUT2D eigenvalue weighted by Crippen LogP contribution is -2.28. The Bertz CT molecular complexity index is 542. The van der Waals surface area contributed by atoms with E-state index in [9.17, 15) is 9.59 Å². The number of amides is 2. The number of nitrogens with one attached hydrogen (secondary N) is 1. The van der Waals surface area contributed by atoms with E-state index in [1.165, 1.54) is 11.8 Å². The molecule has 0 spiro atoms. The summed E-state index contributed by atoms with van der Waals surface area (Å²) < 4.78 is 0. The predicted octanol–water partition coefficient (Wildman–Crippen LogP) is 2.53. The fraction of sp³-hybridized carbons (Fsp3) is 0.500. The molecule has 0 aliphatic heterocycles. The molecule has 1 aliphatic rings. The largest absolute Gasteiger partial charge is 0.370 e. The van der Waals surface area contributed by atoms with Gasteiger partial charge in [-0.05, 0) is 30.9 Å². The van der Waals surface area contributed by atoms with Gasteiger partial charge >= 0.3 is 0 Å². The van der Waals surface area contributed by atoms with Gasteiger partial charge < -0.3 is 16.8 Å². The molecule has 0 heterocycles. The van der Waals surface area contributed by atoms with Gasteiger partial charge in [-0.1, -0.05) is 18.6 Å². The van der Waals surface area contributed by atoms with Crippen LogP contribution in [0.4, 0.5) is 5.69 Å². The number of primary amides is 1. The molecule has 128 valence electrons. The maximum absolute atomic E-state index is 12.2. The molecular formula is C16H24ClN3O2S. The molecule has 2 amide bonds. The first-order chi connectivity index (χ1) is 10.6. The number of anilines is 1. The van der Waals surface area contributed by atoms with Crippen LogP contribution < -0.4 is 16.8 Å². The van der Waals surface area contributed by atoms with Gasteiger partial charge in [0.2, 0.25) is 11.8 Å². The lowest BCUT2D eigenvalue weighted by atomic mass is 10.00. The molecule has 23 heavy (non-hydrogen) atoms. The number of para-hydroxylation sites is 1. The number of halogens is 1. The molecule has 5 N–H and O–H groups in total. The summed E-state index contributed by atoms with van der Waals surface area (Å²) in [5.74, 6) is 0.583. The number of thioether (sulfide) groups is 1. The van der Waals surface area contributed by atoms with Crippen LogP contribution in [0.1, 0.15) is 32.1 Å². The van der Waals surface area contributed by atoms with E-state index in [1.54, 1.807) is 0 Å². The van der Waals surface area contributed by atoms with E-state index in [2.05, 4.69) is 5.32 Å². The fourth-order valence-corrected chi connectivity index (χ4v) is 3.69. The minimum Gasteiger partial charge on any atom is -0.370 e. The summed E-state index contributed by atoms with van der Waals surface area (Å²) in [4.78, 5) is 24.0. The third kappa shape index (κ3) is 6.41. The molecule has 0 aromatic heterocycles. The monoisotopic (exact) mass is 357 g/mol. The summed E-state index contributed by atoms with van der Waals surface area (Å²) in [7, 11) is 0. The second kappa shape index (κ2) is 9.80. The number of rotatable bonds is 7. The molecular weight excluding hydrogens is 334 g/mol. The molecule has 1 saturated carbocycles. The average Bonchev–Trinajstić information content (AvgIpc) is 2.85. The maximum atomic E-state index is 12.2. The zero-order chi connectivity index (χ0) is 15.9. The summed E-state index contributed by atoms with van der Waals surface area (Å²) in [6.45, 7) is 0. The minimum absolute atomic E-state index is 0. The Hall–Kier alpha value is -1.24. The van der Waals surface area contributed by atoms with Crippen molar-refractivity contribution in [1.29, 1.82) is 0 Å². The van der Waals surface area contributed by atoms with Crippen LogP contribution in [0.2, 0.25) is 0 Å². The molecule has 1 fully saturated rings. The lowest BCUT2D eigenvalue weighted by molar-refractivity contribution is -0.118. The van der Waals surface area contributed by atoms with Gasteiger partial charge in [0, 0.05) is 29.5 Å². The van der Waals surface area contributed by atoms with Crippen molar-refractivity contribution in [2.45, 2.75) is 43.0 Å². The first-order valence-electron chi connectivity index (χ1n) is 7.62. The smallest absolute Gasteiger partial charge is 0.224 e. The van der Waals surface area contributed by atoms with Crippen LogP contribution in [-0.2, 0) is 9.59 Å². The van der Waals surface area contributed by atoms with Crippen LogP contribution in [-0.4, -0.2) is 23.6 Å². The van der Waals surface area contributed by atoms with Crippen molar-refractivity contribution in [2.24, 2.45) is 17.4 Å². The summed E-state index contributed by atoms with van der Waals surface area (Å²) >= 11 is 1.52. The topological polar surface area (TPSA) is 98.2 Å². The average molecular weight is 358 g/mol. The highest BCUT2D eigenvalue weighted by Crippen LogP contribution is 2.30. The summed E-state index contributed by atoms with van der Waals surface area (Å²) in [5.41, 5.74) is 11.9. The highest BCUT2D eigenvalue weighted by molar-refractivity contribution is 7.99. The Morgan fingerprint density at radius 1 is 1.26 bits per heavy atom. The van der Waals surface area contributed by atoms with Gasteiger partial charge in [-0.15, -0.1) is 24.2 Å². The number of nitrogens with two attached hydrogens (primary N) is 2. The van der Waals surface area contributed by atoms with Crippen LogP contribution in [0, 0.1) is 5.92 Å². The van der Waals surface area contributed by atoms with Crippen molar-refractivity contribution < 1.29 is 9.59 Å². The Labute approximate surface area is 147 Å². The number of carbonyl (C=O) groups excluding carboxylic acids is 2. The summed E-state index contributed by atoms with van der Waals surface area (Å²) in [5, 5.41) is 2.96. The third-order valence-corrected chi connectivity index (χ3v) is 5.01. The molecule has 1 aliphatic carbocycles. The Morgan fingerprint density at radius 2 is 2.00 bits per heavy atom. The van der Waals surface area contributed by atoms with E-state index in [-0.39, 0.29) is 36.2 Å². The first kappa shape index (κ1) is 19.8. The van der Waals surface area contributed by atoms with Crippen molar-refractivity contribution in [1.82, 2.24) is 0 Å². The van der Waals surface area contributed by atoms with Crippen molar-refractivity contribution in [2.75, 3.05) is 11.1 Å². The third-order valence-electron chi connectivity index (χ3n) is 3.93. The first-order valence-corrected chi connectivity index (χ1v) is 8.60. The highest BCUT2D eigenvalue weighted by Gasteiger charge is 2.26. The van der Waals surface area contributed by atoms with Crippen molar-refractivity contribution in [3.63, 3.8) is 0 Å². The maximum Gasteiger partial charge on any atom is 0.224 e. The van der Waals surface area contributed by atoms with Crippen LogP contribution in [0.25, 0.3) is 0 Å². The van der Waals surface area contributed by atoms with Gasteiger partial charge in [-0.25, -0.2) is 0 Å². The zero-order valence-corrected chi connectivity index (χ0v) is 14.6. The van der Waals surface area contributed by atoms with Crippen molar-refractivity contribution >= 4 is 41.7 Å². The standard InChI is InChI=1S/C16H23N3O2S.ClH/c17-12-5-3-4-11(12)10-16(21)19-13-6-1-2-7-14(13)22-9-8-15(18)20;/h1-2,6-7,11-12H,3-5,8-10,17H2,(H2,18,20)(H,19,21);1H/t11-,12+;/m0./s1.